The lowest BCUT2D eigenvalue weighted by molar-refractivity contribution is 0.340. The molecule has 3 nitrogen and oxygen atoms in total. The molecule has 0 heterocycles. The Kier molecular flexibility index (Phi) is 5.17. The van der Waals surface area contributed by atoms with Crippen molar-refractivity contribution in [3.63, 3.8) is 0 Å². The molecule has 4 heteroatoms. The minimum absolute atomic E-state index is 0.0864. The molecule has 2 N–H and O–H groups in total. The summed E-state index contributed by atoms with van der Waals surface area (Å²) in [5, 5.41) is 12.9. The SMILES string of the molecule is CCOc1ccc(C(C)NCc2cccc(F)c2O)cc1. The first kappa shape index (κ1) is 15.3. The summed E-state index contributed by atoms with van der Waals surface area (Å²) in [6.07, 6.45) is 0. The van der Waals surface area contributed by atoms with Gasteiger partial charge in [0.1, 0.15) is 5.75 Å². The first-order valence-corrected chi connectivity index (χ1v) is 7.04. The van der Waals surface area contributed by atoms with E-state index in [0.717, 1.165) is 11.3 Å². The number of aromatic hydroxyl groups is 1. The van der Waals surface area contributed by atoms with E-state index in [4.69, 9.17) is 4.74 Å². The van der Waals surface area contributed by atoms with Gasteiger partial charge < -0.3 is 15.2 Å². The van der Waals surface area contributed by atoms with Gasteiger partial charge in [-0.1, -0.05) is 24.3 Å². The summed E-state index contributed by atoms with van der Waals surface area (Å²) in [7, 11) is 0. The molecule has 0 aliphatic carbocycles. The third kappa shape index (κ3) is 3.95. The summed E-state index contributed by atoms with van der Waals surface area (Å²) in [5.74, 6) is -0.0388. The number of nitrogens with one attached hydrogen (secondary N) is 1. The van der Waals surface area contributed by atoms with Crippen LogP contribution in [-0.4, -0.2) is 11.7 Å². The largest absolute Gasteiger partial charge is 0.505 e. The zero-order valence-corrected chi connectivity index (χ0v) is 12.3. The van der Waals surface area contributed by atoms with Crippen molar-refractivity contribution in [3.8, 4) is 11.5 Å². The minimum Gasteiger partial charge on any atom is -0.505 e. The molecule has 21 heavy (non-hydrogen) atoms. The van der Waals surface area contributed by atoms with Gasteiger partial charge in [-0.25, -0.2) is 4.39 Å². The summed E-state index contributed by atoms with van der Waals surface area (Å²) in [6.45, 7) is 5.01. The highest BCUT2D eigenvalue weighted by Gasteiger charge is 2.09. The number of ether oxygens (including phenoxy) is 1. The van der Waals surface area contributed by atoms with Gasteiger partial charge in [-0.2, -0.15) is 0 Å². The van der Waals surface area contributed by atoms with Crippen molar-refractivity contribution in [1.29, 1.82) is 0 Å². The number of hydrogen-bond donors (Lipinski definition) is 2. The molecule has 0 aliphatic rings. The van der Waals surface area contributed by atoms with Gasteiger partial charge in [0.2, 0.25) is 0 Å². The topological polar surface area (TPSA) is 41.5 Å². The Hall–Kier alpha value is -2.07. The highest BCUT2D eigenvalue weighted by Crippen LogP contribution is 2.22. The van der Waals surface area contributed by atoms with Crippen LogP contribution >= 0.6 is 0 Å². The Labute approximate surface area is 124 Å². The van der Waals surface area contributed by atoms with Crippen LogP contribution in [0.25, 0.3) is 0 Å². The highest BCUT2D eigenvalue weighted by atomic mass is 19.1. The Morgan fingerprint density at radius 2 is 1.90 bits per heavy atom. The number of halogens is 1. The molecule has 0 aliphatic heterocycles. The van der Waals surface area contributed by atoms with Crippen LogP contribution < -0.4 is 10.1 Å². The quantitative estimate of drug-likeness (QED) is 0.850. The molecular weight excluding hydrogens is 269 g/mol. The molecule has 0 radical (unpaired) electrons. The van der Waals surface area contributed by atoms with Gasteiger partial charge in [0.15, 0.2) is 11.6 Å². The second-order valence-corrected chi connectivity index (χ2v) is 4.85. The molecule has 0 fully saturated rings. The normalized spacial score (nSPS) is 12.1. The van der Waals surface area contributed by atoms with E-state index < -0.39 is 5.82 Å². The van der Waals surface area contributed by atoms with E-state index in [-0.39, 0.29) is 11.8 Å². The van der Waals surface area contributed by atoms with Gasteiger partial charge in [0.25, 0.3) is 0 Å². The first-order chi connectivity index (χ1) is 10.1. The average molecular weight is 289 g/mol. The van der Waals surface area contributed by atoms with Crippen LogP contribution in [-0.2, 0) is 6.54 Å². The van der Waals surface area contributed by atoms with Crippen LogP contribution in [0.2, 0.25) is 0 Å². The molecule has 2 rings (SSSR count). The highest BCUT2D eigenvalue weighted by molar-refractivity contribution is 5.34. The molecule has 1 atom stereocenters. The van der Waals surface area contributed by atoms with Crippen LogP contribution in [0.4, 0.5) is 4.39 Å². The average Bonchev–Trinajstić information content (AvgIpc) is 2.49. The molecule has 0 amide bonds. The molecule has 0 saturated carbocycles. The van der Waals surface area contributed by atoms with Gasteiger partial charge in [0.05, 0.1) is 6.61 Å². The lowest BCUT2D eigenvalue weighted by atomic mass is 10.1. The maximum atomic E-state index is 13.3. The third-order valence-electron chi connectivity index (χ3n) is 3.36. The zero-order chi connectivity index (χ0) is 15.2. The third-order valence-corrected chi connectivity index (χ3v) is 3.36. The molecule has 2 aromatic carbocycles. The summed E-state index contributed by atoms with van der Waals surface area (Å²) >= 11 is 0. The summed E-state index contributed by atoms with van der Waals surface area (Å²) < 4.78 is 18.7. The first-order valence-electron chi connectivity index (χ1n) is 7.04. The van der Waals surface area contributed by atoms with Crippen molar-refractivity contribution in [2.24, 2.45) is 0 Å². The summed E-state index contributed by atoms with van der Waals surface area (Å²) in [6, 6.07) is 12.5. The van der Waals surface area contributed by atoms with E-state index in [1.165, 1.54) is 6.07 Å². The van der Waals surface area contributed by atoms with Crippen LogP contribution in [0.1, 0.15) is 31.0 Å². The number of benzene rings is 2. The zero-order valence-electron chi connectivity index (χ0n) is 12.3. The molecule has 112 valence electrons. The Bertz CT molecular complexity index is 584. The van der Waals surface area contributed by atoms with E-state index in [0.29, 0.717) is 18.7 Å². The van der Waals surface area contributed by atoms with Gasteiger partial charge in [0, 0.05) is 18.2 Å². The van der Waals surface area contributed by atoms with Crippen molar-refractivity contribution >= 4 is 0 Å². The van der Waals surface area contributed by atoms with Crippen molar-refractivity contribution in [2.75, 3.05) is 6.61 Å². The fourth-order valence-electron chi connectivity index (χ4n) is 2.10. The summed E-state index contributed by atoms with van der Waals surface area (Å²) in [5.41, 5.74) is 1.65. The molecule has 0 saturated heterocycles. The number of hydrogen-bond acceptors (Lipinski definition) is 3. The van der Waals surface area contributed by atoms with Crippen LogP contribution in [0.15, 0.2) is 42.5 Å². The number of rotatable bonds is 6. The van der Waals surface area contributed by atoms with Gasteiger partial charge >= 0.3 is 0 Å². The fraction of sp³-hybridized carbons (Fsp3) is 0.294. The predicted molar refractivity (Wildman–Crippen MR) is 80.9 cm³/mol. The molecule has 2 aromatic rings. The van der Waals surface area contributed by atoms with Crippen LogP contribution in [0, 0.1) is 5.82 Å². The lowest BCUT2D eigenvalue weighted by Crippen LogP contribution is -2.18. The molecule has 0 spiro atoms. The Balaban J connectivity index is 1.98. The van der Waals surface area contributed by atoms with E-state index in [2.05, 4.69) is 5.32 Å². The van der Waals surface area contributed by atoms with E-state index in [1.807, 2.05) is 38.1 Å². The van der Waals surface area contributed by atoms with Crippen molar-refractivity contribution in [1.82, 2.24) is 5.32 Å². The smallest absolute Gasteiger partial charge is 0.165 e. The van der Waals surface area contributed by atoms with E-state index in [1.54, 1.807) is 12.1 Å². The van der Waals surface area contributed by atoms with E-state index in [9.17, 15) is 9.50 Å². The molecule has 0 aromatic heterocycles. The van der Waals surface area contributed by atoms with Crippen molar-refractivity contribution < 1.29 is 14.2 Å². The summed E-state index contributed by atoms with van der Waals surface area (Å²) in [4.78, 5) is 0. The Morgan fingerprint density at radius 1 is 1.19 bits per heavy atom. The van der Waals surface area contributed by atoms with Gasteiger partial charge in [-0.05, 0) is 37.6 Å². The maximum absolute atomic E-state index is 13.3. The Morgan fingerprint density at radius 3 is 2.57 bits per heavy atom. The number of phenols is 1. The molecular formula is C17H20FNO2. The second-order valence-electron chi connectivity index (χ2n) is 4.85. The standard InChI is InChI=1S/C17H20FNO2/c1-3-21-15-9-7-13(8-10-15)12(2)19-11-14-5-4-6-16(18)17(14)20/h4-10,12,19-20H,3,11H2,1-2H3. The van der Waals surface area contributed by atoms with Crippen LogP contribution in [0.3, 0.4) is 0 Å². The van der Waals surface area contributed by atoms with Gasteiger partial charge in [-0.15, -0.1) is 0 Å². The number of phenolic OH excluding ortho intramolecular Hbond substituents is 1. The fourth-order valence-corrected chi connectivity index (χ4v) is 2.10. The van der Waals surface area contributed by atoms with Gasteiger partial charge in [-0.3, -0.25) is 0 Å². The second kappa shape index (κ2) is 7.09. The minimum atomic E-state index is -0.594. The van der Waals surface area contributed by atoms with Crippen LogP contribution in [0.5, 0.6) is 11.5 Å². The van der Waals surface area contributed by atoms with Crippen molar-refractivity contribution in [3.05, 3.63) is 59.4 Å². The molecule has 0 bridgehead atoms. The maximum Gasteiger partial charge on any atom is 0.165 e. The molecule has 1 unspecified atom stereocenters. The monoisotopic (exact) mass is 289 g/mol. The number of para-hydroxylation sites is 1. The lowest BCUT2D eigenvalue weighted by Gasteiger charge is -2.15. The predicted octanol–water partition coefficient (Wildman–Crippen LogP) is 3.78. The van der Waals surface area contributed by atoms with E-state index >= 15 is 0 Å². The van der Waals surface area contributed by atoms with Crippen molar-refractivity contribution in [2.45, 2.75) is 26.4 Å².